The fraction of sp³-hybridized carbons (Fsp3) is 0.733. The van der Waals surface area contributed by atoms with Crippen molar-refractivity contribution in [2.24, 2.45) is 0 Å². The van der Waals surface area contributed by atoms with Crippen LogP contribution in [0.1, 0.15) is 29.3 Å². The van der Waals surface area contributed by atoms with Gasteiger partial charge in [0.05, 0.1) is 0 Å². The van der Waals surface area contributed by atoms with Crippen LogP contribution in [-0.2, 0) is 6.42 Å². The van der Waals surface area contributed by atoms with E-state index in [1.54, 1.807) is 10.4 Å². The summed E-state index contributed by atoms with van der Waals surface area (Å²) >= 11 is 1.95. The molecule has 0 saturated carbocycles. The van der Waals surface area contributed by atoms with Gasteiger partial charge in [0.15, 0.2) is 0 Å². The van der Waals surface area contributed by atoms with Crippen LogP contribution in [0.3, 0.4) is 0 Å². The highest BCUT2D eigenvalue weighted by molar-refractivity contribution is 7.10. The lowest BCUT2D eigenvalue weighted by Gasteiger charge is -2.34. The van der Waals surface area contributed by atoms with Crippen LogP contribution >= 0.6 is 11.3 Å². The maximum Gasteiger partial charge on any atom is 0.0356 e. The van der Waals surface area contributed by atoms with Crippen molar-refractivity contribution in [1.82, 2.24) is 15.1 Å². The number of thiophene rings is 1. The summed E-state index contributed by atoms with van der Waals surface area (Å²) in [6.07, 6.45) is 3.99. The lowest BCUT2D eigenvalue weighted by Crippen LogP contribution is -2.46. The van der Waals surface area contributed by atoms with E-state index in [2.05, 4.69) is 33.6 Å². The number of fused-ring (bicyclic) bond motifs is 1. The number of aryl methyl sites for hydroxylation is 1. The van der Waals surface area contributed by atoms with Crippen LogP contribution in [0.4, 0.5) is 0 Å². The molecule has 4 heteroatoms. The van der Waals surface area contributed by atoms with Crippen LogP contribution in [0.2, 0.25) is 0 Å². The van der Waals surface area contributed by atoms with Crippen LogP contribution in [0.25, 0.3) is 0 Å². The SMILES string of the molecule is CN(CCN1CCNCC1)C1CCCc2sccc21. The molecule has 1 aliphatic carbocycles. The molecular weight excluding hydrogens is 254 g/mol. The van der Waals surface area contributed by atoms with Crippen LogP contribution in [0.5, 0.6) is 0 Å². The van der Waals surface area contributed by atoms with Gasteiger partial charge in [-0.3, -0.25) is 9.80 Å². The third-order valence-corrected chi connectivity index (χ3v) is 5.53. The minimum atomic E-state index is 0.665. The van der Waals surface area contributed by atoms with Gasteiger partial charge in [-0.1, -0.05) is 0 Å². The summed E-state index contributed by atoms with van der Waals surface area (Å²) in [6, 6.07) is 3.02. The fourth-order valence-electron chi connectivity index (χ4n) is 3.31. The Bertz CT molecular complexity index is 398. The van der Waals surface area contributed by atoms with Crippen molar-refractivity contribution < 1.29 is 0 Å². The summed E-state index contributed by atoms with van der Waals surface area (Å²) < 4.78 is 0. The smallest absolute Gasteiger partial charge is 0.0356 e. The van der Waals surface area contributed by atoms with Gasteiger partial charge in [-0.15, -0.1) is 11.3 Å². The first-order valence-corrected chi connectivity index (χ1v) is 8.42. The third-order valence-electron chi connectivity index (χ3n) is 4.53. The van der Waals surface area contributed by atoms with Crippen molar-refractivity contribution in [2.75, 3.05) is 46.3 Å². The van der Waals surface area contributed by atoms with E-state index >= 15 is 0 Å². The molecule has 1 unspecified atom stereocenters. The number of piperazine rings is 1. The van der Waals surface area contributed by atoms with Crippen molar-refractivity contribution >= 4 is 11.3 Å². The number of hydrogen-bond donors (Lipinski definition) is 1. The quantitative estimate of drug-likeness (QED) is 0.909. The van der Waals surface area contributed by atoms with E-state index in [-0.39, 0.29) is 0 Å². The predicted octanol–water partition coefficient (Wildman–Crippen LogP) is 1.96. The van der Waals surface area contributed by atoms with Crippen LogP contribution < -0.4 is 5.32 Å². The molecule has 1 aromatic heterocycles. The Labute approximate surface area is 120 Å². The van der Waals surface area contributed by atoms with Crippen molar-refractivity contribution in [1.29, 1.82) is 0 Å². The van der Waals surface area contributed by atoms with E-state index in [9.17, 15) is 0 Å². The number of rotatable bonds is 4. The standard InChI is InChI=1S/C15H25N3S/c1-17(10-11-18-8-6-16-7-9-18)14-3-2-4-15-13(14)5-12-19-15/h5,12,14,16H,2-4,6-11H2,1H3. The second kappa shape index (κ2) is 6.35. The van der Waals surface area contributed by atoms with E-state index in [4.69, 9.17) is 0 Å². The highest BCUT2D eigenvalue weighted by Gasteiger charge is 2.24. The van der Waals surface area contributed by atoms with Crippen molar-refractivity contribution in [3.8, 4) is 0 Å². The normalized spacial score (nSPS) is 24.6. The maximum absolute atomic E-state index is 3.42. The molecule has 19 heavy (non-hydrogen) atoms. The van der Waals surface area contributed by atoms with Gasteiger partial charge >= 0.3 is 0 Å². The first-order valence-electron chi connectivity index (χ1n) is 7.54. The Kier molecular flexibility index (Phi) is 4.53. The maximum atomic E-state index is 3.42. The molecule has 1 aliphatic heterocycles. The zero-order valence-electron chi connectivity index (χ0n) is 11.9. The number of hydrogen-bond acceptors (Lipinski definition) is 4. The summed E-state index contributed by atoms with van der Waals surface area (Å²) in [6.45, 7) is 7.14. The molecule has 106 valence electrons. The van der Waals surface area contributed by atoms with Crippen molar-refractivity contribution in [2.45, 2.75) is 25.3 Å². The second-order valence-corrected chi connectivity index (χ2v) is 6.78. The molecule has 0 spiro atoms. The van der Waals surface area contributed by atoms with E-state index < -0.39 is 0 Å². The number of nitrogens with zero attached hydrogens (tertiary/aromatic N) is 2. The molecule has 2 aliphatic rings. The third kappa shape index (κ3) is 3.19. The van der Waals surface area contributed by atoms with E-state index in [1.165, 1.54) is 45.4 Å². The molecule has 0 radical (unpaired) electrons. The zero-order chi connectivity index (χ0) is 13.1. The van der Waals surface area contributed by atoms with Gasteiger partial charge in [0.25, 0.3) is 0 Å². The summed E-state index contributed by atoms with van der Waals surface area (Å²) in [4.78, 5) is 6.79. The summed E-state index contributed by atoms with van der Waals surface area (Å²) in [7, 11) is 2.31. The molecule has 1 aromatic rings. The van der Waals surface area contributed by atoms with Crippen molar-refractivity contribution in [3.63, 3.8) is 0 Å². The highest BCUT2D eigenvalue weighted by atomic mass is 32.1. The molecule has 1 N–H and O–H groups in total. The van der Waals surface area contributed by atoms with Crippen LogP contribution in [-0.4, -0.2) is 56.1 Å². The monoisotopic (exact) mass is 279 g/mol. The number of likely N-dealkylation sites (N-methyl/N-ethyl adjacent to an activating group) is 1. The van der Waals surface area contributed by atoms with Gasteiger partial charge in [-0.2, -0.15) is 0 Å². The molecule has 0 amide bonds. The summed E-state index contributed by atoms with van der Waals surface area (Å²) in [5, 5.41) is 5.69. The first kappa shape index (κ1) is 13.6. The van der Waals surface area contributed by atoms with Crippen LogP contribution in [0.15, 0.2) is 11.4 Å². The predicted molar refractivity (Wildman–Crippen MR) is 81.9 cm³/mol. The molecular formula is C15H25N3S. The van der Waals surface area contributed by atoms with E-state index in [0.717, 1.165) is 13.1 Å². The van der Waals surface area contributed by atoms with E-state index in [1.807, 2.05) is 11.3 Å². The molecule has 1 fully saturated rings. The Hall–Kier alpha value is -0.420. The molecule has 2 heterocycles. The average Bonchev–Trinajstić information content (AvgIpc) is 2.94. The Morgan fingerprint density at radius 2 is 2.26 bits per heavy atom. The van der Waals surface area contributed by atoms with Gasteiger partial charge in [0.1, 0.15) is 0 Å². The summed E-state index contributed by atoms with van der Waals surface area (Å²) in [5.41, 5.74) is 1.61. The second-order valence-electron chi connectivity index (χ2n) is 5.78. The topological polar surface area (TPSA) is 18.5 Å². The van der Waals surface area contributed by atoms with Gasteiger partial charge in [-0.05, 0) is 43.3 Å². The Balaban J connectivity index is 1.54. The average molecular weight is 279 g/mol. The minimum Gasteiger partial charge on any atom is -0.314 e. The zero-order valence-corrected chi connectivity index (χ0v) is 12.7. The highest BCUT2D eigenvalue weighted by Crippen LogP contribution is 2.36. The minimum absolute atomic E-state index is 0.665. The van der Waals surface area contributed by atoms with Gasteiger partial charge in [0, 0.05) is 50.2 Å². The first-order chi connectivity index (χ1) is 9.34. The lowest BCUT2D eigenvalue weighted by atomic mass is 9.93. The Morgan fingerprint density at radius 1 is 1.42 bits per heavy atom. The molecule has 0 aromatic carbocycles. The van der Waals surface area contributed by atoms with Gasteiger partial charge in [-0.25, -0.2) is 0 Å². The lowest BCUT2D eigenvalue weighted by molar-refractivity contribution is 0.168. The van der Waals surface area contributed by atoms with Crippen molar-refractivity contribution in [3.05, 3.63) is 21.9 Å². The van der Waals surface area contributed by atoms with Gasteiger partial charge < -0.3 is 5.32 Å². The fourth-order valence-corrected chi connectivity index (χ4v) is 4.29. The van der Waals surface area contributed by atoms with E-state index in [0.29, 0.717) is 6.04 Å². The molecule has 0 bridgehead atoms. The summed E-state index contributed by atoms with van der Waals surface area (Å²) in [5.74, 6) is 0. The molecule has 3 rings (SSSR count). The van der Waals surface area contributed by atoms with Gasteiger partial charge in [0.2, 0.25) is 0 Å². The Morgan fingerprint density at radius 3 is 3.11 bits per heavy atom. The largest absolute Gasteiger partial charge is 0.314 e. The van der Waals surface area contributed by atoms with Crippen LogP contribution in [0, 0.1) is 0 Å². The molecule has 1 saturated heterocycles. The molecule has 3 nitrogen and oxygen atoms in total. The number of nitrogens with one attached hydrogen (secondary N) is 1. The molecule has 1 atom stereocenters.